The highest BCUT2D eigenvalue weighted by Gasteiger charge is 2.53. The second-order valence-corrected chi connectivity index (χ2v) is 15.7. The van der Waals surface area contributed by atoms with Gasteiger partial charge in [-0.25, -0.2) is 0 Å². The molecule has 0 heteroatoms. The van der Waals surface area contributed by atoms with E-state index in [4.69, 9.17) is 0 Å². The van der Waals surface area contributed by atoms with Crippen molar-refractivity contribution < 1.29 is 0 Å². The van der Waals surface area contributed by atoms with Crippen LogP contribution in [0.1, 0.15) is 83.3 Å². The van der Waals surface area contributed by atoms with Crippen LogP contribution < -0.4 is 0 Å². The third-order valence-corrected chi connectivity index (χ3v) is 12.4. The van der Waals surface area contributed by atoms with E-state index in [0.717, 1.165) is 6.42 Å². The average Bonchev–Trinajstić information content (AvgIpc) is 3.57. The number of hydrogen-bond acceptors (Lipinski definition) is 0. The van der Waals surface area contributed by atoms with Crippen LogP contribution in [-0.4, -0.2) is 0 Å². The Kier molecular flexibility index (Phi) is 6.06. The fourth-order valence-electron chi connectivity index (χ4n) is 10.1. The van der Waals surface area contributed by atoms with Crippen molar-refractivity contribution in [2.24, 2.45) is 0 Å². The molecule has 3 aliphatic rings. The molecule has 0 saturated heterocycles. The molecule has 0 radical (unpaired) electrons. The van der Waals surface area contributed by atoms with Gasteiger partial charge in [-0.15, -0.1) is 0 Å². The molecule has 0 bridgehead atoms. The van der Waals surface area contributed by atoms with Crippen LogP contribution in [0.3, 0.4) is 0 Å². The Morgan fingerprint density at radius 1 is 0.360 bits per heavy atom. The standard InChI is InChI=1S/C50H40/c1-48(2)39-19-9-8-18-36(39)37-27-25-34(31-46(37)48)33-26-28-40-38(30-33)47-35(29-32-15-6-5-7-16-32)17-14-24-45(47)50(40)43-22-12-10-20-41(43)49(3,4)42-21-11-13-23-44(42)50/h5-28,30-31H,29H2,1-4H3. The van der Waals surface area contributed by atoms with Crippen molar-refractivity contribution >= 4 is 0 Å². The fourth-order valence-corrected chi connectivity index (χ4v) is 10.1. The first-order valence-corrected chi connectivity index (χ1v) is 18.1. The molecule has 240 valence electrons. The van der Waals surface area contributed by atoms with Crippen molar-refractivity contribution in [1.29, 1.82) is 0 Å². The van der Waals surface area contributed by atoms with Crippen molar-refractivity contribution in [2.45, 2.75) is 50.4 Å². The van der Waals surface area contributed by atoms with Crippen LogP contribution in [-0.2, 0) is 22.7 Å². The van der Waals surface area contributed by atoms with Gasteiger partial charge in [0.05, 0.1) is 5.41 Å². The molecule has 0 fully saturated rings. The first-order chi connectivity index (χ1) is 24.3. The van der Waals surface area contributed by atoms with Gasteiger partial charge in [0.1, 0.15) is 0 Å². The van der Waals surface area contributed by atoms with Gasteiger partial charge in [-0.1, -0.05) is 173 Å². The van der Waals surface area contributed by atoms with Crippen molar-refractivity contribution in [3.8, 4) is 33.4 Å². The molecule has 10 rings (SSSR count). The predicted molar refractivity (Wildman–Crippen MR) is 208 cm³/mol. The van der Waals surface area contributed by atoms with Gasteiger partial charge >= 0.3 is 0 Å². The van der Waals surface area contributed by atoms with Gasteiger partial charge in [0.2, 0.25) is 0 Å². The van der Waals surface area contributed by atoms with E-state index in [-0.39, 0.29) is 10.8 Å². The van der Waals surface area contributed by atoms with E-state index >= 15 is 0 Å². The Balaban J connectivity index is 1.25. The summed E-state index contributed by atoms with van der Waals surface area (Å²) in [6, 6.07) is 60.0. The minimum atomic E-state index is -0.403. The van der Waals surface area contributed by atoms with Crippen molar-refractivity contribution in [3.63, 3.8) is 0 Å². The summed E-state index contributed by atoms with van der Waals surface area (Å²) < 4.78 is 0. The summed E-state index contributed by atoms with van der Waals surface area (Å²) in [5.41, 5.74) is 21.5. The van der Waals surface area contributed by atoms with Crippen molar-refractivity contribution in [3.05, 3.63) is 213 Å². The zero-order chi connectivity index (χ0) is 33.8. The van der Waals surface area contributed by atoms with Crippen LogP contribution in [0, 0.1) is 0 Å². The lowest BCUT2D eigenvalue weighted by atomic mass is 9.55. The van der Waals surface area contributed by atoms with E-state index in [1.54, 1.807) is 0 Å². The lowest BCUT2D eigenvalue weighted by Gasteiger charge is -2.46. The lowest BCUT2D eigenvalue weighted by Crippen LogP contribution is -2.40. The van der Waals surface area contributed by atoms with Crippen LogP contribution >= 0.6 is 0 Å². The lowest BCUT2D eigenvalue weighted by molar-refractivity contribution is 0.563. The van der Waals surface area contributed by atoms with Crippen molar-refractivity contribution in [1.82, 2.24) is 0 Å². The van der Waals surface area contributed by atoms with Gasteiger partial charge in [-0.05, 0) is 108 Å². The van der Waals surface area contributed by atoms with Gasteiger partial charge in [0, 0.05) is 10.8 Å². The Bertz CT molecular complexity index is 2460. The molecule has 7 aromatic carbocycles. The van der Waals surface area contributed by atoms with Gasteiger partial charge in [-0.2, -0.15) is 0 Å². The zero-order valence-corrected chi connectivity index (χ0v) is 29.2. The van der Waals surface area contributed by atoms with E-state index in [0.29, 0.717) is 0 Å². The molecular formula is C50H40. The third-order valence-electron chi connectivity index (χ3n) is 12.4. The summed E-state index contributed by atoms with van der Waals surface area (Å²) in [6.45, 7) is 9.55. The smallest absolute Gasteiger partial charge is 0.0622 e. The average molecular weight is 641 g/mol. The molecule has 0 amide bonds. The topological polar surface area (TPSA) is 0 Å². The predicted octanol–water partition coefficient (Wildman–Crippen LogP) is 12.3. The number of benzene rings is 7. The van der Waals surface area contributed by atoms with E-state index < -0.39 is 5.41 Å². The summed E-state index contributed by atoms with van der Waals surface area (Å²) in [5, 5.41) is 0. The maximum absolute atomic E-state index is 2.51. The third kappa shape index (κ3) is 3.77. The summed E-state index contributed by atoms with van der Waals surface area (Å²) >= 11 is 0. The van der Waals surface area contributed by atoms with Gasteiger partial charge < -0.3 is 0 Å². The monoisotopic (exact) mass is 640 g/mol. The molecule has 7 aromatic rings. The molecule has 0 nitrogen and oxygen atoms in total. The Morgan fingerprint density at radius 2 is 0.900 bits per heavy atom. The Morgan fingerprint density at radius 3 is 1.62 bits per heavy atom. The van der Waals surface area contributed by atoms with Gasteiger partial charge in [0.15, 0.2) is 0 Å². The number of fused-ring (bicyclic) bond motifs is 12. The highest BCUT2D eigenvalue weighted by Crippen LogP contribution is 2.63. The number of hydrogen-bond donors (Lipinski definition) is 0. The normalized spacial score (nSPS) is 16.2. The highest BCUT2D eigenvalue weighted by molar-refractivity contribution is 5.93. The zero-order valence-electron chi connectivity index (χ0n) is 29.2. The maximum atomic E-state index is 2.51. The van der Waals surface area contributed by atoms with Crippen LogP contribution in [0.5, 0.6) is 0 Å². The quantitative estimate of drug-likeness (QED) is 0.180. The van der Waals surface area contributed by atoms with Crippen LogP contribution in [0.15, 0.2) is 158 Å². The molecule has 0 aliphatic heterocycles. The molecular weight excluding hydrogens is 601 g/mol. The molecule has 3 aliphatic carbocycles. The molecule has 0 N–H and O–H groups in total. The SMILES string of the molecule is CC1(C)c2ccccc2-c2ccc(-c3ccc4c(c3)-c3c(Cc5ccccc5)cccc3C43c4ccccc4C(C)(C)c4ccccc43)cc21. The van der Waals surface area contributed by atoms with E-state index in [1.807, 2.05) is 0 Å². The number of rotatable bonds is 3. The van der Waals surface area contributed by atoms with E-state index in [1.165, 1.54) is 89.0 Å². The molecule has 0 aromatic heterocycles. The van der Waals surface area contributed by atoms with E-state index in [9.17, 15) is 0 Å². The van der Waals surface area contributed by atoms with Crippen molar-refractivity contribution in [2.75, 3.05) is 0 Å². The molecule has 0 unspecified atom stereocenters. The van der Waals surface area contributed by atoms with Crippen LogP contribution in [0.25, 0.3) is 33.4 Å². The Hall–Kier alpha value is -5.46. The summed E-state index contributed by atoms with van der Waals surface area (Å²) in [4.78, 5) is 0. The second-order valence-electron chi connectivity index (χ2n) is 15.7. The molecule has 0 saturated carbocycles. The van der Waals surface area contributed by atoms with E-state index in [2.05, 4.69) is 185 Å². The summed E-state index contributed by atoms with van der Waals surface area (Å²) in [7, 11) is 0. The Labute approximate surface area is 296 Å². The molecule has 50 heavy (non-hydrogen) atoms. The highest BCUT2D eigenvalue weighted by atomic mass is 14.5. The van der Waals surface area contributed by atoms with Crippen LogP contribution in [0.4, 0.5) is 0 Å². The minimum Gasteiger partial charge on any atom is -0.0622 e. The summed E-state index contributed by atoms with van der Waals surface area (Å²) in [6.07, 6.45) is 0.893. The maximum Gasteiger partial charge on any atom is 0.0719 e. The van der Waals surface area contributed by atoms with Gasteiger partial charge in [0.25, 0.3) is 0 Å². The minimum absolute atomic E-state index is 0.0412. The second kappa shape index (κ2) is 10.3. The van der Waals surface area contributed by atoms with Crippen LogP contribution in [0.2, 0.25) is 0 Å². The fraction of sp³-hybridized carbons (Fsp3) is 0.160. The summed E-state index contributed by atoms with van der Waals surface area (Å²) in [5.74, 6) is 0. The molecule has 1 spiro atoms. The first-order valence-electron chi connectivity index (χ1n) is 18.1. The molecule has 0 heterocycles. The first kappa shape index (κ1) is 29.5. The molecule has 0 atom stereocenters. The largest absolute Gasteiger partial charge is 0.0719 e. The van der Waals surface area contributed by atoms with Gasteiger partial charge in [-0.3, -0.25) is 0 Å².